The number of nitrogens with one attached hydrogen (secondary N) is 1. The molecule has 2 aromatic heterocycles. The van der Waals surface area contributed by atoms with Gasteiger partial charge in [-0.1, -0.05) is 36.4 Å². The number of nitrogens with zero attached hydrogens (tertiary/aromatic N) is 3. The molecule has 1 amide bonds. The maximum atomic E-state index is 13.0. The van der Waals surface area contributed by atoms with Crippen LogP contribution < -0.4 is 15.8 Å². The van der Waals surface area contributed by atoms with Crippen LogP contribution in [0.4, 0.5) is 5.95 Å². The fourth-order valence-electron chi connectivity index (χ4n) is 3.20. The summed E-state index contributed by atoms with van der Waals surface area (Å²) < 4.78 is 5.30. The van der Waals surface area contributed by atoms with Crippen LogP contribution in [0.3, 0.4) is 0 Å². The van der Waals surface area contributed by atoms with Gasteiger partial charge in [0.25, 0.3) is 5.91 Å². The SMILES string of the molecule is COc1cccc2c(C(=O)N[C@@H](CO)c3ccc4ccccc4n3)nc(N)nc12. The lowest BCUT2D eigenvalue weighted by atomic mass is 10.1. The van der Waals surface area contributed by atoms with Gasteiger partial charge in [-0.05, 0) is 18.2 Å². The van der Waals surface area contributed by atoms with Crippen LogP contribution in [0.2, 0.25) is 0 Å². The number of hydrogen-bond acceptors (Lipinski definition) is 7. The van der Waals surface area contributed by atoms with Crippen molar-refractivity contribution in [3.63, 3.8) is 0 Å². The van der Waals surface area contributed by atoms with E-state index in [1.807, 2.05) is 30.3 Å². The number of fused-ring (bicyclic) bond motifs is 2. The maximum absolute atomic E-state index is 13.0. The van der Waals surface area contributed by atoms with Gasteiger partial charge < -0.3 is 20.9 Å². The summed E-state index contributed by atoms with van der Waals surface area (Å²) in [5, 5.41) is 14.1. The van der Waals surface area contributed by atoms with Crippen LogP contribution in [0.1, 0.15) is 22.2 Å². The van der Waals surface area contributed by atoms with Crippen molar-refractivity contribution in [1.29, 1.82) is 0 Å². The van der Waals surface area contributed by atoms with E-state index in [1.165, 1.54) is 7.11 Å². The molecule has 4 aromatic rings. The molecule has 0 unspecified atom stereocenters. The number of aliphatic hydroxyl groups excluding tert-OH is 1. The second-order valence-corrected chi connectivity index (χ2v) is 6.42. The van der Waals surface area contributed by atoms with Gasteiger partial charge in [-0.25, -0.2) is 9.97 Å². The summed E-state index contributed by atoms with van der Waals surface area (Å²) in [6.45, 7) is -0.321. The van der Waals surface area contributed by atoms with Gasteiger partial charge in [0.15, 0.2) is 0 Å². The van der Waals surface area contributed by atoms with Gasteiger partial charge in [-0.15, -0.1) is 0 Å². The highest BCUT2D eigenvalue weighted by atomic mass is 16.5. The number of aliphatic hydroxyl groups is 1. The molecule has 0 spiro atoms. The van der Waals surface area contributed by atoms with E-state index in [1.54, 1.807) is 24.3 Å². The van der Waals surface area contributed by atoms with Crippen molar-refractivity contribution >= 4 is 33.7 Å². The number of nitrogens with two attached hydrogens (primary N) is 1. The molecular weight excluding hydrogens is 370 g/mol. The third-order valence-corrected chi connectivity index (χ3v) is 4.61. The van der Waals surface area contributed by atoms with Crippen LogP contribution in [0.25, 0.3) is 21.8 Å². The molecule has 0 aliphatic heterocycles. The molecule has 4 N–H and O–H groups in total. The quantitative estimate of drug-likeness (QED) is 0.478. The van der Waals surface area contributed by atoms with Gasteiger partial charge in [0.1, 0.15) is 17.0 Å². The molecule has 0 bridgehead atoms. The molecule has 0 aliphatic rings. The first-order valence-electron chi connectivity index (χ1n) is 8.98. The molecular formula is C21H19N5O3. The number of ether oxygens (including phenoxy) is 1. The Balaban J connectivity index is 1.70. The zero-order chi connectivity index (χ0) is 20.4. The third-order valence-electron chi connectivity index (χ3n) is 4.61. The minimum atomic E-state index is -0.705. The molecule has 8 heteroatoms. The van der Waals surface area contributed by atoms with E-state index in [9.17, 15) is 9.90 Å². The summed E-state index contributed by atoms with van der Waals surface area (Å²) >= 11 is 0. The summed E-state index contributed by atoms with van der Waals surface area (Å²) in [5.41, 5.74) is 7.67. The lowest BCUT2D eigenvalue weighted by molar-refractivity contribution is 0.0911. The monoisotopic (exact) mass is 389 g/mol. The van der Waals surface area contributed by atoms with Crippen LogP contribution in [0, 0.1) is 0 Å². The van der Waals surface area contributed by atoms with Crippen molar-refractivity contribution in [1.82, 2.24) is 20.3 Å². The first-order chi connectivity index (χ1) is 14.1. The molecule has 146 valence electrons. The second-order valence-electron chi connectivity index (χ2n) is 6.42. The maximum Gasteiger partial charge on any atom is 0.271 e. The number of aromatic nitrogens is 3. The number of benzene rings is 2. The van der Waals surface area contributed by atoms with Gasteiger partial charge in [-0.2, -0.15) is 0 Å². The number of amides is 1. The zero-order valence-corrected chi connectivity index (χ0v) is 15.7. The number of hydrogen-bond donors (Lipinski definition) is 3. The van der Waals surface area contributed by atoms with Crippen molar-refractivity contribution in [2.45, 2.75) is 6.04 Å². The number of rotatable bonds is 5. The van der Waals surface area contributed by atoms with E-state index in [0.29, 0.717) is 22.3 Å². The molecule has 0 fully saturated rings. The van der Waals surface area contributed by atoms with Crippen molar-refractivity contribution in [2.24, 2.45) is 0 Å². The van der Waals surface area contributed by atoms with Gasteiger partial charge >= 0.3 is 0 Å². The number of nitrogen functional groups attached to an aromatic ring is 1. The first kappa shape index (κ1) is 18.6. The Morgan fingerprint density at radius 1 is 1.10 bits per heavy atom. The summed E-state index contributed by atoms with van der Waals surface area (Å²) in [7, 11) is 1.51. The minimum Gasteiger partial charge on any atom is -0.494 e. The van der Waals surface area contributed by atoms with Crippen molar-refractivity contribution in [3.05, 3.63) is 66.0 Å². The van der Waals surface area contributed by atoms with Gasteiger partial charge in [0.05, 0.1) is 31.0 Å². The molecule has 2 heterocycles. The number of carbonyl (C=O) groups is 1. The fraction of sp³-hybridized carbons (Fsp3) is 0.143. The first-order valence-corrected chi connectivity index (χ1v) is 8.98. The number of anilines is 1. The normalized spacial score (nSPS) is 12.1. The molecule has 0 aliphatic carbocycles. The van der Waals surface area contributed by atoms with Crippen LogP contribution in [-0.4, -0.2) is 39.7 Å². The Bertz CT molecular complexity index is 1210. The standard InChI is InChI=1S/C21H19N5O3/c1-29-17-8-4-6-13-18(17)25-21(22)26-19(13)20(28)24-16(11-27)15-10-9-12-5-2-3-7-14(12)23-15/h2-10,16,27H,11H2,1H3,(H,24,28)(H2,22,25,26)/t16-/m0/s1. The Kier molecular flexibility index (Phi) is 4.92. The van der Waals surface area contributed by atoms with E-state index < -0.39 is 11.9 Å². The molecule has 2 aromatic carbocycles. The average Bonchev–Trinajstić information content (AvgIpc) is 2.76. The van der Waals surface area contributed by atoms with E-state index in [2.05, 4.69) is 20.3 Å². The highest BCUT2D eigenvalue weighted by Crippen LogP contribution is 2.26. The van der Waals surface area contributed by atoms with Crippen LogP contribution in [0.15, 0.2) is 54.6 Å². The van der Waals surface area contributed by atoms with Gasteiger partial charge in [0, 0.05) is 10.8 Å². The fourth-order valence-corrected chi connectivity index (χ4v) is 3.20. The zero-order valence-electron chi connectivity index (χ0n) is 15.7. The minimum absolute atomic E-state index is 0.0449. The van der Waals surface area contributed by atoms with E-state index >= 15 is 0 Å². The number of para-hydroxylation sites is 2. The van der Waals surface area contributed by atoms with E-state index in [4.69, 9.17) is 10.5 Å². The van der Waals surface area contributed by atoms with Gasteiger partial charge in [-0.3, -0.25) is 9.78 Å². The van der Waals surface area contributed by atoms with Crippen molar-refractivity contribution < 1.29 is 14.6 Å². The summed E-state index contributed by atoms with van der Waals surface area (Å²) in [5.74, 6) is -0.0524. The number of carbonyl (C=O) groups excluding carboxylic acids is 1. The topological polar surface area (TPSA) is 123 Å². The Morgan fingerprint density at radius 3 is 2.72 bits per heavy atom. The number of pyridine rings is 1. The van der Waals surface area contributed by atoms with E-state index in [-0.39, 0.29) is 18.2 Å². The van der Waals surface area contributed by atoms with Crippen molar-refractivity contribution in [3.8, 4) is 5.75 Å². The molecule has 0 radical (unpaired) electrons. The molecule has 8 nitrogen and oxygen atoms in total. The summed E-state index contributed by atoms with van der Waals surface area (Å²) in [4.78, 5) is 25.8. The molecule has 0 saturated heterocycles. The summed E-state index contributed by atoms with van der Waals surface area (Å²) in [6, 6.07) is 15.8. The van der Waals surface area contributed by atoms with Crippen LogP contribution in [0.5, 0.6) is 5.75 Å². The predicted octanol–water partition coefficient (Wildman–Crippen LogP) is 2.23. The highest BCUT2D eigenvalue weighted by molar-refractivity contribution is 6.06. The van der Waals surface area contributed by atoms with E-state index in [0.717, 1.165) is 10.9 Å². The van der Waals surface area contributed by atoms with Crippen LogP contribution in [-0.2, 0) is 0 Å². The molecule has 4 rings (SSSR count). The van der Waals surface area contributed by atoms with Crippen LogP contribution >= 0.6 is 0 Å². The van der Waals surface area contributed by atoms with Crippen molar-refractivity contribution in [2.75, 3.05) is 19.5 Å². The largest absolute Gasteiger partial charge is 0.494 e. The predicted molar refractivity (Wildman–Crippen MR) is 110 cm³/mol. The summed E-state index contributed by atoms with van der Waals surface area (Å²) in [6.07, 6.45) is 0. The molecule has 1 atom stereocenters. The second kappa shape index (κ2) is 7.69. The lowest BCUT2D eigenvalue weighted by Crippen LogP contribution is -2.32. The van der Waals surface area contributed by atoms with Gasteiger partial charge in [0.2, 0.25) is 5.95 Å². The third kappa shape index (κ3) is 3.53. The Labute approximate surface area is 166 Å². The Morgan fingerprint density at radius 2 is 1.93 bits per heavy atom. The number of methoxy groups -OCH3 is 1. The Hall–Kier alpha value is -3.78. The average molecular weight is 389 g/mol. The molecule has 29 heavy (non-hydrogen) atoms. The highest BCUT2D eigenvalue weighted by Gasteiger charge is 2.21. The smallest absolute Gasteiger partial charge is 0.271 e. The molecule has 0 saturated carbocycles. The lowest BCUT2D eigenvalue weighted by Gasteiger charge is -2.17.